The molecule has 0 atom stereocenters. The van der Waals surface area contributed by atoms with E-state index in [0.29, 0.717) is 0 Å². The standard InChI is InChI=1S/C13H15NO/c15-10-4-6-12-5-3-7-13(11-12)14-8-1-2-9-14/h3-7,10-11H,1-2,8-9H2. The molecular formula is C13H15NO. The number of benzene rings is 1. The van der Waals surface area contributed by atoms with Crippen LogP contribution >= 0.6 is 0 Å². The lowest BCUT2D eigenvalue weighted by atomic mass is 10.2. The Morgan fingerprint density at radius 2 is 2.00 bits per heavy atom. The SMILES string of the molecule is O=CC=Cc1cccc(N2CCCC2)c1. The number of carbonyl (C=O) groups excluding carboxylic acids is 1. The van der Waals surface area contributed by atoms with E-state index in [4.69, 9.17) is 0 Å². The van der Waals surface area contributed by atoms with Crippen LogP contribution in [0.15, 0.2) is 30.3 Å². The minimum Gasteiger partial charge on any atom is -0.372 e. The molecule has 2 nitrogen and oxygen atoms in total. The van der Waals surface area contributed by atoms with Crippen LogP contribution in [0.1, 0.15) is 18.4 Å². The topological polar surface area (TPSA) is 20.3 Å². The van der Waals surface area contributed by atoms with Crippen LogP contribution in [0.3, 0.4) is 0 Å². The molecule has 0 aromatic heterocycles. The van der Waals surface area contributed by atoms with Crippen LogP contribution in [0, 0.1) is 0 Å². The Morgan fingerprint density at radius 1 is 1.20 bits per heavy atom. The summed E-state index contributed by atoms with van der Waals surface area (Å²) in [7, 11) is 0. The van der Waals surface area contributed by atoms with Gasteiger partial charge in [0.15, 0.2) is 0 Å². The molecule has 0 aliphatic carbocycles. The van der Waals surface area contributed by atoms with E-state index < -0.39 is 0 Å². The van der Waals surface area contributed by atoms with Gasteiger partial charge in [0.1, 0.15) is 6.29 Å². The van der Waals surface area contributed by atoms with Gasteiger partial charge in [0.2, 0.25) is 0 Å². The van der Waals surface area contributed by atoms with Crippen molar-refractivity contribution in [1.29, 1.82) is 0 Å². The number of hydrogen-bond acceptors (Lipinski definition) is 2. The second-order valence-electron chi connectivity index (χ2n) is 3.78. The van der Waals surface area contributed by atoms with Gasteiger partial charge in [-0.2, -0.15) is 0 Å². The second kappa shape index (κ2) is 4.78. The van der Waals surface area contributed by atoms with E-state index in [1.165, 1.54) is 24.6 Å². The van der Waals surface area contributed by atoms with Crippen molar-refractivity contribution in [3.8, 4) is 0 Å². The third-order valence-electron chi connectivity index (χ3n) is 2.71. The number of aldehydes is 1. The highest BCUT2D eigenvalue weighted by atomic mass is 16.1. The fourth-order valence-corrected chi connectivity index (χ4v) is 1.95. The summed E-state index contributed by atoms with van der Waals surface area (Å²) in [5, 5.41) is 0. The molecule has 2 rings (SSSR count). The van der Waals surface area contributed by atoms with E-state index in [-0.39, 0.29) is 0 Å². The highest BCUT2D eigenvalue weighted by molar-refractivity contribution is 5.74. The molecule has 1 aromatic carbocycles. The molecule has 1 aliphatic rings. The average Bonchev–Trinajstić information content (AvgIpc) is 2.80. The van der Waals surface area contributed by atoms with Crippen LogP contribution in [0.2, 0.25) is 0 Å². The van der Waals surface area contributed by atoms with Crippen molar-refractivity contribution in [2.75, 3.05) is 18.0 Å². The lowest BCUT2D eigenvalue weighted by molar-refractivity contribution is -0.104. The van der Waals surface area contributed by atoms with Gasteiger partial charge in [-0.05, 0) is 36.6 Å². The normalized spacial score (nSPS) is 16.1. The molecule has 78 valence electrons. The van der Waals surface area contributed by atoms with Crippen molar-refractivity contribution in [2.45, 2.75) is 12.8 Å². The van der Waals surface area contributed by atoms with Crippen molar-refractivity contribution in [1.82, 2.24) is 0 Å². The first-order chi connectivity index (χ1) is 7.40. The Bertz CT molecular complexity index is 365. The van der Waals surface area contributed by atoms with Gasteiger partial charge in [0.05, 0.1) is 0 Å². The molecule has 2 heteroatoms. The number of hydrogen-bond donors (Lipinski definition) is 0. The molecule has 0 N–H and O–H groups in total. The molecule has 15 heavy (non-hydrogen) atoms. The van der Waals surface area contributed by atoms with Crippen LogP contribution in [-0.2, 0) is 4.79 Å². The monoisotopic (exact) mass is 201 g/mol. The van der Waals surface area contributed by atoms with Gasteiger partial charge in [-0.15, -0.1) is 0 Å². The van der Waals surface area contributed by atoms with Gasteiger partial charge >= 0.3 is 0 Å². The molecule has 0 bridgehead atoms. The molecule has 1 heterocycles. The van der Waals surface area contributed by atoms with Crippen molar-refractivity contribution in [2.24, 2.45) is 0 Å². The molecule has 1 fully saturated rings. The first kappa shape index (κ1) is 9.97. The summed E-state index contributed by atoms with van der Waals surface area (Å²) in [5.74, 6) is 0. The third kappa shape index (κ3) is 2.46. The Balaban J connectivity index is 2.17. The molecule has 1 aromatic rings. The molecule has 1 saturated heterocycles. The van der Waals surface area contributed by atoms with Gasteiger partial charge in [-0.3, -0.25) is 4.79 Å². The third-order valence-corrected chi connectivity index (χ3v) is 2.71. The Kier molecular flexibility index (Phi) is 3.18. The molecule has 1 aliphatic heterocycles. The Hall–Kier alpha value is -1.57. The molecule has 0 unspecified atom stereocenters. The predicted octanol–water partition coefficient (Wildman–Crippen LogP) is 2.50. The number of carbonyl (C=O) groups is 1. The molecular weight excluding hydrogens is 186 g/mol. The number of nitrogens with zero attached hydrogens (tertiary/aromatic N) is 1. The average molecular weight is 201 g/mol. The van der Waals surface area contributed by atoms with Crippen LogP contribution in [0.5, 0.6) is 0 Å². The van der Waals surface area contributed by atoms with Gasteiger partial charge in [0, 0.05) is 18.8 Å². The maximum Gasteiger partial charge on any atom is 0.142 e. The van der Waals surface area contributed by atoms with Crippen molar-refractivity contribution < 1.29 is 4.79 Å². The maximum atomic E-state index is 10.2. The molecule has 0 saturated carbocycles. The van der Waals surface area contributed by atoms with E-state index in [1.807, 2.05) is 18.2 Å². The summed E-state index contributed by atoms with van der Waals surface area (Å²) >= 11 is 0. The van der Waals surface area contributed by atoms with Crippen molar-refractivity contribution >= 4 is 18.0 Å². The summed E-state index contributed by atoms with van der Waals surface area (Å²) in [4.78, 5) is 12.6. The zero-order valence-electron chi connectivity index (χ0n) is 8.73. The van der Waals surface area contributed by atoms with E-state index in [9.17, 15) is 4.79 Å². The zero-order chi connectivity index (χ0) is 10.5. The van der Waals surface area contributed by atoms with Crippen LogP contribution < -0.4 is 4.90 Å². The lowest BCUT2D eigenvalue weighted by Crippen LogP contribution is -2.17. The van der Waals surface area contributed by atoms with Crippen LogP contribution in [0.25, 0.3) is 6.08 Å². The Morgan fingerprint density at radius 3 is 2.73 bits per heavy atom. The largest absolute Gasteiger partial charge is 0.372 e. The molecule has 0 radical (unpaired) electrons. The number of allylic oxidation sites excluding steroid dienone is 1. The minimum atomic E-state index is 0.808. The van der Waals surface area contributed by atoms with Crippen molar-refractivity contribution in [3.63, 3.8) is 0 Å². The molecule has 0 amide bonds. The van der Waals surface area contributed by atoms with Gasteiger partial charge < -0.3 is 4.90 Å². The summed E-state index contributed by atoms with van der Waals surface area (Å²) in [6.07, 6.45) is 6.75. The predicted molar refractivity (Wildman–Crippen MR) is 63.0 cm³/mol. The second-order valence-corrected chi connectivity index (χ2v) is 3.78. The van der Waals surface area contributed by atoms with Gasteiger partial charge in [-0.1, -0.05) is 18.2 Å². The Labute approximate surface area is 90.2 Å². The minimum absolute atomic E-state index is 0.808. The van der Waals surface area contributed by atoms with E-state index in [1.54, 1.807) is 0 Å². The zero-order valence-corrected chi connectivity index (χ0v) is 8.73. The highest BCUT2D eigenvalue weighted by Crippen LogP contribution is 2.21. The fraction of sp³-hybridized carbons (Fsp3) is 0.308. The molecule has 0 spiro atoms. The highest BCUT2D eigenvalue weighted by Gasteiger charge is 2.11. The van der Waals surface area contributed by atoms with Crippen LogP contribution in [-0.4, -0.2) is 19.4 Å². The summed E-state index contributed by atoms with van der Waals surface area (Å²) < 4.78 is 0. The first-order valence-corrected chi connectivity index (χ1v) is 5.37. The number of rotatable bonds is 3. The van der Waals surface area contributed by atoms with Crippen LogP contribution in [0.4, 0.5) is 5.69 Å². The first-order valence-electron chi connectivity index (χ1n) is 5.37. The quantitative estimate of drug-likeness (QED) is 0.553. The van der Waals surface area contributed by atoms with E-state index in [2.05, 4.69) is 17.0 Å². The smallest absolute Gasteiger partial charge is 0.142 e. The maximum absolute atomic E-state index is 10.2. The lowest BCUT2D eigenvalue weighted by Gasteiger charge is -2.17. The fourth-order valence-electron chi connectivity index (χ4n) is 1.95. The van der Waals surface area contributed by atoms with Gasteiger partial charge in [0.25, 0.3) is 0 Å². The summed E-state index contributed by atoms with van der Waals surface area (Å²) in [5.41, 5.74) is 2.35. The summed E-state index contributed by atoms with van der Waals surface area (Å²) in [6.45, 7) is 2.31. The number of anilines is 1. The van der Waals surface area contributed by atoms with E-state index >= 15 is 0 Å². The summed E-state index contributed by atoms with van der Waals surface area (Å²) in [6, 6.07) is 8.31. The van der Waals surface area contributed by atoms with Crippen molar-refractivity contribution in [3.05, 3.63) is 35.9 Å². The van der Waals surface area contributed by atoms with E-state index in [0.717, 1.165) is 24.9 Å². The van der Waals surface area contributed by atoms with Gasteiger partial charge in [-0.25, -0.2) is 0 Å².